The summed E-state index contributed by atoms with van der Waals surface area (Å²) >= 11 is 1.21. The van der Waals surface area contributed by atoms with Gasteiger partial charge in [0.25, 0.3) is 5.91 Å². The molecule has 6 nitrogen and oxygen atoms in total. The van der Waals surface area contributed by atoms with Crippen molar-refractivity contribution in [1.29, 1.82) is 0 Å². The molecule has 0 saturated carbocycles. The van der Waals surface area contributed by atoms with Crippen LogP contribution in [0.5, 0.6) is 0 Å². The third kappa shape index (κ3) is 4.49. The van der Waals surface area contributed by atoms with E-state index in [-0.39, 0.29) is 17.9 Å². The van der Waals surface area contributed by atoms with Gasteiger partial charge in [-0.2, -0.15) is 0 Å². The fraction of sp³-hybridized carbons (Fsp3) is 0.500. The molecule has 17 heavy (non-hydrogen) atoms. The summed E-state index contributed by atoms with van der Waals surface area (Å²) in [6.07, 6.45) is 0. The second kappa shape index (κ2) is 6.31. The molecule has 0 unspecified atom stereocenters. The molecule has 0 radical (unpaired) electrons. The number of nitrogens with one attached hydrogen (secondary N) is 2. The molecule has 0 saturated heterocycles. The number of hydrogen-bond donors (Lipinski definition) is 2. The number of carbonyl (C=O) groups excluding carboxylic acids is 2. The molecule has 7 heteroatoms. The molecule has 0 aromatic carbocycles. The Morgan fingerprint density at radius 1 is 1.59 bits per heavy atom. The van der Waals surface area contributed by atoms with E-state index in [2.05, 4.69) is 15.6 Å². The lowest BCUT2D eigenvalue weighted by molar-refractivity contribution is -0.114. The summed E-state index contributed by atoms with van der Waals surface area (Å²) in [4.78, 5) is 26.5. The number of carbonyl (C=O) groups is 2. The van der Waals surface area contributed by atoms with Crippen LogP contribution in [-0.4, -0.2) is 36.6 Å². The van der Waals surface area contributed by atoms with E-state index in [0.29, 0.717) is 17.4 Å². The number of hydrogen-bond acceptors (Lipinski definition) is 5. The smallest absolute Gasteiger partial charge is 0.271 e. The first-order valence-corrected chi connectivity index (χ1v) is 5.93. The molecule has 1 aromatic heterocycles. The van der Waals surface area contributed by atoms with Crippen LogP contribution in [0, 0.1) is 0 Å². The van der Waals surface area contributed by atoms with Crippen molar-refractivity contribution < 1.29 is 14.3 Å². The standard InChI is InChI=1S/C10H15N3O3S/c1-6(4-16-3)11-9(15)8-5-17-10(13-8)12-7(2)14/h5-6H,4H2,1-3H3,(H,11,15)(H,12,13,14)/t6-/m1/s1. The van der Waals surface area contributed by atoms with Gasteiger partial charge in [-0.05, 0) is 6.92 Å². The lowest BCUT2D eigenvalue weighted by Crippen LogP contribution is -2.35. The van der Waals surface area contributed by atoms with Crippen LogP contribution in [0.2, 0.25) is 0 Å². The lowest BCUT2D eigenvalue weighted by atomic mass is 10.3. The zero-order chi connectivity index (χ0) is 12.8. The number of aromatic nitrogens is 1. The third-order valence-corrected chi connectivity index (χ3v) is 2.57. The maximum atomic E-state index is 11.7. The van der Waals surface area contributed by atoms with Gasteiger partial charge < -0.3 is 15.4 Å². The molecular weight excluding hydrogens is 242 g/mol. The molecule has 1 rings (SSSR count). The summed E-state index contributed by atoms with van der Waals surface area (Å²) in [7, 11) is 1.57. The van der Waals surface area contributed by atoms with E-state index in [1.54, 1.807) is 12.5 Å². The fourth-order valence-corrected chi connectivity index (χ4v) is 1.91. The van der Waals surface area contributed by atoms with Crippen LogP contribution in [0.15, 0.2) is 5.38 Å². The Kier molecular flexibility index (Phi) is 5.05. The number of anilines is 1. The van der Waals surface area contributed by atoms with Gasteiger partial charge in [0, 0.05) is 25.5 Å². The van der Waals surface area contributed by atoms with Crippen molar-refractivity contribution in [3.63, 3.8) is 0 Å². The van der Waals surface area contributed by atoms with Crippen LogP contribution in [0.4, 0.5) is 5.13 Å². The second-order valence-corrected chi connectivity index (χ2v) is 4.41. The predicted octanol–water partition coefficient (Wildman–Crippen LogP) is 0.866. The lowest BCUT2D eigenvalue weighted by Gasteiger charge is -2.11. The van der Waals surface area contributed by atoms with Crippen LogP contribution in [-0.2, 0) is 9.53 Å². The molecule has 1 atom stereocenters. The van der Waals surface area contributed by atoms with Gasteiger partial charge in [-0.1, -0.05) is 0 Å². The first-order valence-electron chi connectivity index (χ1n) is 5.06. The zero-order valence-electron chi connectivity index (χ0n) is 9.94. The van der Waals surface area contributed by atoms with Gasteiger partial charge in [0.2, 0.25) is 5.91 Å². The predicted molar refractivity (Wildman–Crippen MR) is 65.2 cm³/mol. The van der Waals surface area contributed by atoms with E-state index in [9.17, 15) is 9.59 Å². The van der Waals surface area contributed by atoms with Crippen LogP contribution >= 0.6 is 11.3 Å². The Labute approximate surface area is 103 Å². The van der Waals surface area contributed by atoms with Crippen LogP contribution in [0.3, 0.4) is 0 Å². The van der Waals surface area contributed by atoms with Gasteiger partial charge >= 0.3 is 0 Å². The molecule has 2 amide bonds. The minimum atomic E-state index is -0.276. The van der Waals surface area contributed by atoms with Crippen molar-refractivity contribution in [2.24, 2.45) is 0 Å². The average Bonchev–Trinajstić information content (AvgIpc) is 2.65. The van der Waals surface area contributed by atoms with Gasteiger partial charge in [0.15, 0.2) is 5.13 Å². The SMILES string of the molecule is COC[C@@H](C)NC(=O)c1csc(NC(C)=O)n1. The summed E-state index contributed by atoms with van der Waals surface area (Å²) in [5.41, 5.74) is 0.293. The molecular formula is C10H15N3O3S. The van der Waals surface area contributed by atoms with Crippen molar-refractivity contribution in [2.45, 2.75) is 19.9 Å². The van der Waals surface area contributed by atoms with E-state index in [0.717, 1.165) is 0 Å². The van der Waals surface area contributed by atoms with Gasteiger partial charge in [-0.15, -0.1) is 11.3 Å². The number of methoxy groups -OCH3 is 1. The quantitative estimate of drug-likeness (QED) is 0.820. The molecule has 0 bridgehead atoms. The van der Waals surface area contributed by atoms with Crippen molar-refractivity contribution >= 4 is 28.3 Å². The molecule has 94 valence electrons. The number of rotatable bonds is 5. The highest BCUT2D eigenvalue weighted by molar-refractivity contribution is 7.14. The van der Waals surface area contributed by atoms with E-state index in [4.69, 9.17) is 4.74 Å². The van der Waals surface area contributed by atoms with E-state index < -0.39 is 0 Å². The monoisotopic (exact) mass is 257 g/mol. The fourth-order valence-electron chi connectivity index (χ4n) is 1.18. The summed E-state index contributed by atoms with van der Waals surface area (Å²) in [5, 5.41) is 7.27. The first kappa shape index (κ1) is 13.6. The maximum absolute atomic E-state index is 11.7. The number of ether oxygens (including phenoxy) is 1. The molecule has 2 N–H and O–H groups in total. The van der Waals surface area contributed by atoms with Gasteiger partial charge in [-0.3, -0.25) is 9.59 Å². The molecule has 0 fully saturated rings. The summed E-state index contributed by atoms with van der Waals surface area (Å²) in [6.45, 7) is 3.67. The van der Waals surface area contributed by atoms with Crippen molar-refractivity contribution in [3.05, 3.63) is 11.1 Å². The Morgan fingerprint density at radius 2 is 2.29 bits per heavy atom. The number of thiazole rings is 1. The maximum Gasteiger partial charge on any atom is 0.271 e. The van der Waals surface area contributed by atoms with Crippen LogP contribution in [0.1, 0.15) is 24.3 Å². The van der Waals surface area contributed by atoms with Gasteiger partial charge in [0.05, 0.1) is 6.61 Å². The van der Waals surface area contributed by atoms with Crippen molar-refractivity contribution in [2.75, 3.05) is 19.0 Å². The Morgan fingerprint density at radius 3 is 2.88 bits per heavy atom. The highest BCUT2D eigenvalue weighted by Gasteiger charge is 2.13. The Bertz CT molecular complexity index is 405. The molecule has 1 heterocycles. The van der Waals surface area contributed by atoms with Gasteiger partial charge in [0.1, 0.15) is 5.69 Å². The minimum Gasteiger partial charge on any atom is -0.383 e. The number of nitrogens with zero attached hydrogens (tertiary/aromatic N) is 1. The molecule has 0 aliphatic rings. The van der Waals surface area contributed by atoms with Gasteiger partial charge in [-0.25, -0.2) is 4.98 Å². The summed E-state index contributed by atoms with van der Waals surface area (Å²) < 4.78 is 4.91. The van der Waals surface area contributed by atoms with E-state index in [1.807, 2.05) is 6.92 Å². The van der Waals surface area contributed by atoms with Crippen LogP contribution in [0.25, 0.3) is 0 Å². The zero-order valence-corrected chi connectivity index (χ0v) is 10.8. The third-order valence-electron chi connectivity index (χ3n) is 1.81. The van der Waals surface area contributed by atoms with Crippen molar-refractivity contribution in [1.82, 2.24) is 10.3 Å². The largest absolute Gasteiger partial charge is 0.383 e. The average molecular weight is 257 g/mol. The molecule has 0 aliphatic heterocycles. The topological polar surface area (TPSA) is 80.3 Å². The number of amides is 2. The summed E-state index contributed by atoms with van der Waals surface area (Å²) in [6, 6.07) is -0.0848. The van der Waals surface area contributed by atoms with E-state index >= 15 is 0 Å². The second-order valence-electron chi connectivity index (χ2n) is 3.55. The minimum absolute atomic E-state index is 0.0848. The first-order chi connectivity index (χ1) is 8.02. The highest BCUT2D eigenvalue weighted by atomic mass is 32.1. The molecule has 0 aliphatic carbocycles. The highest BCUT2D eigenvalue weighted by Crippen LogP contribution is 2.15. The Balaban J connectivity index is 2.57. The molecule has 0 spiro atoms. The Hall–Kier alpha value is -1.47. The van der Waals surface area contributed by atoms with Crippen molar-refractivity contribution in [3.8, 4) is 0 Å². The summed E-state index contributed by atoms with van der Waals surface area (Å²) in [5.74, 6) is -0.485. The normalized spacial score (nSPS) is 11.9. The molecule has 1 aromatic rings. The van der Waals surface area contributed by atoms with E-state index in [1.165, 1.54) is 18.3 Å². The van der Waals surface area contributed by atoms with Crippen LogP contribution < -0.4 is 10.6 Å².